The van der Waals surface area contributed by atoms with E-state index in [0.717, 1.165) is 16.8 Å². The summed E-state index contributed by atoms with van der Waals surface area (Å²) in [5, 5.41) is 2.82. The van der Waals surface area contributed by atoms with Crippen molar-refractivity contribution in [2.24, 2.45) is 0 Å². The number of carbonyl (C=O) groups excluding carboxylic acids is 2. The highest BCUT2D eigenvalue weighted by atomic mass is 35.5. The first kappa shape index (κ1) is 18.7. The predicted octanol–water partition coefficient (Wildman–Crippen LogP) is 0.809. The maximum absolute atomic E-state index is 12.0. The molecule has 0 aliphatic heterocycles. The van der Waals surface area contributed by atoms with E-state index in [4.69, 9.17) is 27.9 Å². The van der Waals surface area contributed by atoms with Gasteiger partial charge in [-0.25, -0.2) is 9.78 Å². The maximum atomic E-state index is 12.0. The highest BCUT2D eigenvalue weighted by Gasteiger charge is 2.20. The number of H-pyrrole nitrogens is 1. The highest BCUT2D eigenvalue weighted by Crippen LogP contribution is 2.22. The SMILES string of the molecule is C[C@@H](OC(=O)Cn1ccc(=O)[nH]c1=O)C(=O)Nc1ncc(Cl)cc1Cl. The Balaban J connectivity index is 1.97. The average molecular weight is 387 g/mol. The Bertz CT molecular complexity index is 924. The number of carbonyl (C=O) groups is 2. The number of aromatic nitrogens is 3. The summed E-state index contributed by atoms with van der Waals surface area (Å²) >= 11 is 11.6. The summed E-state index contributed by atoms with van der Waals surface area (Å²) in [6, 6.07) is 2.48. The zero-order chi connectivity index (χ0) is 18.6. The van der Waals surface area contributed by atoms with Gasteiger partial charge < -0.3 is 10.1 Å². The second kappa shape index (κ2) is 7.95. The predicted molar refractivity (Wildman–Crippen MR) is 89.8 cm³/mol. The zero-order valence-corrected chi connectivity index (χ0v) is 14.3. The van der Waals surface area contributed by atoms with Crippen LogP contribution in [-0.4, -0.2) is 32.5 Å². The van der Waals surface area contributed by atoms with Crippen LogP contribution in [-0.2, 0) is 20.9 Å². The molecule has 0 saturated carbocycles. The fraction of sp³-hybridized carbons (Fsp3) is 0.214. The summed E-state index contributed by atoms with van der Waals surface area (Å²) < 4.78 is 5.87. The quantitative estimate of drug-likeness (QED) is 0.732. The molecular formula is C14H12Cl2N4O5. The maximum Gasteiger partial charge on any atom is 0.328 e. The number of hydrogen-bond donors (Lipinski definition) is 2. The monoisotopic (exact) mass is 386 g/mol. The summed E-state index contributed by atoms with van der Waals surface area (Å²) in [4.78, 5) is 52.1. The van der Waals surface area contributed by atoms with Crippen molar-refractivity contribution in [3.63, 3.8) is 0 Å². The minimum Gasteiger partial charge on any atom is -0.451 e. The van der Waals surface area contributed by atoms with E-state index in [1.54, 1.807) is 0 Å². The lowest BCUT2D eigenvalue weighted by atomic mass is 10.3. The standard InChI is InChI=1S/C14H12Cl2N4O5/c1-7(13(23)19-12-9(16)4-8(15)5-17-12)25-11(22)6-20-3-2-10(21)18-14(20)24/h2-5,7H,6H2,1H3,(H,17,19,23)(H,18,21,24)/t7-/m1/s1. The molecule has 2 rings (SSSR count). The van der Waals surface area contributed by atoms with Gasteiger partial charge in [-0.2, -0.15) is 0 Å². The molecule has 0 radical (unpaired) electrons. The first-order valence-corrected chi connectivity index (χ1v) is 7.63. The van der Waals surface area contributed by atoms with Crippen LogP contribution in [0.4, 0.5) is 5.82 Å². The number of aromatic amines is 1. The molecule has 2 aromatic rings. The average Bonchev–Trinajstić information content (AvgIpc) is 2.52. The molecule has 2 aromatic heterocycles. The first-order chi connectivity index (χ1) is 11.8. The number of pyridine rings is 1. The van der Waals surface area contributed by atoms with Crippen LogP contribution in [0.25, 0.3) is 0 Å². The molecule has 25 heavy (non-hydrogen) atoms. The summed E-state index contributed by atoms with van der Waals surface area (Å²) in [6.45, 7) is 0.875. The Hall–Kier alpha value is -2.65. The molecule has 132 valence electrons. The Morgan fingerprint density at radius 1 is 1.40 bits per heavy atom. The Kier molecular flexibility index (Phi) is 5.94. The van der Waals surface area contributed by atoms with E-state index in [9.17, 15) is 19.2 Å². The van der Waals surface area contributed by atoms with E-state index in [1.165, 1.54) is 19.2 Å². The molecule has 0 spiro atoms. The number of hydrogen-bond acceptors (Lipinski definition) is 6. The van der Waals surface area contributed by atoms with E-state index < -0.39 is 35.8 Å². The highest BCUT2D eigenvalue weighted by molar-refractivity contribution is 6.36. The molecule has 11 heteroatoms. The van der Waals surface area contributed by atoms with Crippen LogP contribution in [0.2, 0.25) is 10.0 Å². The van der Waals surface area contributed by atoms with Crippen LogP contribution in [0.5, 0.6) is 0 Å². The van der Waals surface area contributed by atoms with E-state index in [-0.39, 0.29) is 10.8 Å². The van der Waals surface area contributed by atoms with E-state index in [0.29, 0.717) is 5.02 Å². The van der Waals surface area contributed by atoms with Crippen molar-refractivity contribution < 1.29 is 14.3 Å². The number of amides is 1. The lowest BCUT2D eigenvalue weighted by molar-refractivity contribution is -0.153. The third-order valence-corrected chi connectivity index (χ3v) is 3.42. The summed E-state index contributed by atoms with van der Waals surface area (Å²) in [5.74, 6) is -1.44. The number of nitrogens with zero attached hydrogens (tertiary/aromatic N) is 2. The van der Waals surface area contributed by atoms with Crippen LogP contribution in [0.15, 0.2) is 34.1 Å². The van der Waals surface area contributed by atoms with E-state index in [1.807, 2.05) is 4.98 Å². The molecule has 0 fully saturated rings. The van der Waals surface area contributed by atoms with Crippen molar-refractivity contribution in [2.45, 2.75) is 19.6 Å². The molecule has 0 unspecified atom stereocenters. The van der Waals surface area contributed by atoms with Gasteiger partial charge in [0.15, 0.2) is 11.9 Å². The van der Waals surface area contributed by atoms with Crippen molar-refractivity contribution in [3.8, 4) is 0 Å². The van der Waals surface area contributed by atoms with Crippen molar-refractivity contribution >= 4 is 40.9 Å². The number of halogens is 2. The normalized spacial score (nSPS) is 11.6. The fourth-order valence-corrected chi connectivity index (χ4v) is 2.15. The molecule has 1 atom stereocenters. The third-order valence-electron chi connectivity index (χ3n) is 2.92. The van der Waals surface area contributed by atoms with Crippen LogP contribution in [0, 0.1) is 0 Å². The number of ether oxygens (including phenoxy) is 1. The van der Waals surface area contributed by atoms with Gasteiger partial charge in [-0.15, -0.1) is 0 Å². The number of esters is 1. The topological polar surface area (TPSA) is 123 Å². The van der Waals surface area contributed by atoms with Crippen molar-refractivity contribution in [1.29, 1.82) is 0 Å². The third kappa shape index (κ3) is 5.16. The Labute approximate surface area is 150 Å². The van der Waals surface area contributed by atoms with Gasteiger partial charge in [0.2, 0.25) is 0 Å². The lowest BCUT2D eigenvalue weighted by Gasteiger charge is -2.14. The minimum atomic E-state index is -1.17. The Morgan fingerprint density at radius 2 is 2.12 bits per heavy atom. The van der Waals surface area contributed by atoms with Gasteiger partial charge in [-0.05, 0) is 13.0 Å². The van der Waals surface area contributed by atoms with Gasteiger partial charge in [0.05, 0.1) is 10.0 Å². The van der Waals surface area contributed by atoms with Gasteiger partial charge in [0, 0.05) is 18.5 Å². The van der Waals surface area contributed by atoms with Gasteiger partial charge in [-0.3, -0.25) is 23.9 Å². The van der Waals surface area contributed by atoms with Crippen LogP contribution >= 0.6 is 23.2 Å². The summed E-state index contributed by atoms with van der Waals surface area (Å²) in [5.41, 5.74) is -1.35. The van der Waals surface area contributed by atoms with Gasteiger partial charge in [-0.1, -0.05) is 23.2 Å². The molecule has 0 saturated heterocycles. The van der Waals surface area contributed by atoms with Crippen molar-refractivity contribution in [2.75, 3.05) is 5.32 Å². The molecule has 2 heterocycles. The molecule has 0 aliphatic carbocycles. The molecule has 2 N–H and O–H groups in total. The Morgan fingerprint density at radius 3 is 2.76 bits per heavy atom. The molecule has 0 aromatic carbocycles. The van der Waals surface area contributed by atoms with E-state index in [2.05, 4.69) is 10.3 Å². The molecular weight excluding hydrogens is 375 g/mol. The molecule has 0 bridgehead atoms. The summed E-state index contributed by atoms with van der Waals surface area (Å²) in [6.07, 6.45) is 1.27. The largest absolute Gasteiger partial charge is 0.451 e. The van der Waals surface area contributed by atoms with Crippen molar-refractivity contribution in [3.05, 3.63) is 55.4 Å². The van der Waals surface area contributed by atoms with Crippen molar-refractivity contribution in [1.82, 2.24) is 14.5 Å². The van der Waals surface area contributed by atoms with Crippen LogP contribution in [0.1, 0.15) is 6.92 Å². The van der Waals surface area contributed by atoms with Gasteiger partial charge >= 0.3 is 11.7 Å². The van der Waals surface area contributed by atoms with E-state index >= 15 is 0 Å². The number of rotatable bonds is 5. The fourth-order valence-electron chi connectivity index (χ4n) is 1.72. The summed E-state index contributed by atoms with van der Waals surface area (Å²) in [7, 11) is 0. The second-order valence-electron chi connectivity index (χ2n) is 4.84. The first-order valence-electron chi connectivity index (χ1n) is 6.87. The number of nitrogens with one attached hydrogen (secondary N) is 2. The zero-order valence-electron chi connectivity index (χ0n) is 12.8. The molecule has 1 amide bonds. The number of anilines is 1. The minimum absolute atomic E-state index is 0.0656. The second-order valence-corrected chi connectivity index (χ2v) is 5.69. The molecule has 0 aliphatic rings. The van der Waals surface area contributed by atoms with Gasteiger partial charge in [0.25, 0.3) is 11.5 Å². The lowest BCUT2D eigenvalue weighted by Crippen LogP contribution is -2.35. The van der Waals surface area contributed by atoms with Crippen LogP contribution in [0.3, 0.4) is 0 Å². The molecule has 9 nitrogen and oxygen atoms in total. The smallest absolute Gasteiger partial charge is 0.328 e. The van der Waals surface area contributed by atoms with Crippen LogP contribution < -0.4 is 16.6 Å². The van der Waals surface area contributed by atoms with Gasteiger partial charge in [0.1, 0.15) is 6.54 Å².